The fourth-order valence-electron chi connectivity index (χ4n) is 4.91. The average Bonchev–Trinajstić information content (AvgIpc) is 3.19. The van der Waals surface area contributed by atoms with Gasteiger partial charge in [-0.3, -0.25) is 9.59 Å². The molecule has 0 bridgehead atoms. The number of pyridine rings is 1. The maximum Gasteiger partial charge on any atom is 0.264 e. The molecular formula is C25H24ClN3O3. The number of amides is 1. The van der Waals surface area contributed by atoms with Crippen molar-refractivity contribution >= 4 is 45.0 Å². The molecule has 0 radical (unpaired) electrons. The van der Waals surface area contributed by atoms with Crippen molar-refractivity contribution in [2.75, 3.05) is 5.32 Å². The third-order valence-corrected chi connectivity index (χ3v) is 6.79. The fraction of sp³-hybridized carbons (Fsp3) is 0.320. The Balaban J connectivity index is 1.45. The number of rotatable bonds is 4. The van der Waals surface area contributed by atoms with Crippen molar-refractivity contribution in [1.82, 2.24) is 9.72 Å². The van der Waals surface area contributed by atoms with Gasteiger partial charge in [-0.1, -0.05) is 47.4 Å². The summed E-state index contributed by atoms with van der Waals surface area (Å²) in [5.41, 5.74) is 1.95. The molecule has 2 unspecified atom stereocenters. The van der Waals surface area contributed by atoms with Gasteiger partial charge in [0.05, 0.1) is 10.5 Å². The van der Waals surface area contributed by atoms with E-state index in [0.717, 1.165) is 42.3 Å². The predicted molar refractivity (Wildman–Crippen MR) is 126 cm³/mol. The lowest BCUT2D eigenvalue weighted by atomic mass is 9.80. The summed E-state index contributed by atoms with van der Waals surface area (Å²) < 4.78 is 7.12. The van der Waals surface area contributed by atoms with Crippen molar-refractivity contribution in [1.29, 1.82) is 0 Å². The molecule has 5 rings (SSSR count). The van der Waals surface area contributed by atoms with E-state index >= 15 is 0 Å². The van der Waals surface area contributed by atoms with Crippen LogP contribution in [0.4, 0.5) is 5.69 Å². The van der Waals surface area contributed by atoms with Crippen LogP contribution in [0, 0.1) is 18.8 Å². The number of anilines is 1. The number of carbonyl (C=O) groups excluding carboxylic acids is 1. The lowest BCUT2D eigenvalue weighted by molar-refractivity contribution is -0.121. The normalized spacial score (nSPS) is 18.8. The minimum atomic E-state index is -0.121. The third-order valence-electron chi connectivity index (χ3n) is 6.48. The number of aromatic nitrogens is 2. The van der Waals surface area contributed by atoms with Crippen LogP contribution in [0.25, 0.3) is 21.8 Å². The number of hydrogen-bond acceptors (Lipinski definition) is 4. The van der Waals surface area contributed by atoms with Crippen LogP contribution in [0.15, 0.2) is 57.8 Å². The van der Waals surface area contributed by atoms with Gasteiger partial charge in [0.1, 0.15) is 16.7 Å². The molecule has 4 aromatic rings. The topological polar surface area (TPSA) is 77.1 Å². The average molecular weight is 450 g/mol. The first-order valence-corrected chi connectivity index (χ1v) is 11.3. The van der Waals surface area contributed by atoms with Crippen molar-refractivity contribution in [2.45, 2.75) is 39.2 Å². The van der Waals surface area contributed by atoms with E-state index in [2.05, 4.69) is 10.5 Å². The molecule has 1 aliphatic rings. The maximum absolute atomic E-state index is 13.4. The summed E-state index contributed by atoms with van der Waals surface area (Å²) >= 11 is 6.50. The lowest BCUT2D eigenvalue weighted by Crippen LogP contribution is -2.32. The second-order valence-corrected chi connectivity index (χ2v) is 9.00. The van der Waals surface area contributed by atoms with Crippen LogP contribution in [-0.2, 0) is 11.3 Å². The van der Waals surface area contributed by atoms with E-state index in [1.165, 1.54) is 0 Å². The summed E-state index contributed by atoms with van der Waals surface area (Å²) in [7, 11) is 0. The van der Waals surface area contributed by atoms with E-state index in [4.69, 9.17) is 16.1 Å². The molecule has 1 amide bonds. The Morgan fingerprint density at radius 3 is 2.78 bits per heavy atom. The molecule has 1 fully saturated rings. The molecule has 2 atom stereocenters. The van der Waals surface area contributed by atoms with Crippen molar-refractivity contribution in [3.63, 3.8) is 0 Å². The zero-order valence-corrected chi connectivity index (χ0v) is 18.6. The van der Waals surface area contributed by atoms with Gasteiger partial charge in [0.25, 0.3) is 5.56 Å². The number of nitrogens with one attached hydrogen (secondary N) is 1. The molecule has 0 saturated heterocycles. The molecule has 7 heteroatoms. The highest BCUT2D eigenvalue weighted by Gasteiger charge is 2.29. The molecule has 2 aromatic heterocycles. The third kappa shape index (κ3) is 3.69. The molecule has 0 aliphatic heterocycles. The van der Waals surface area contributed by atoms with E-state index < -0.39 is 0 Å². The van der Waals surface area contributed by atoms with Gasteiger partial charge in [-0.25, -0.2) is 0 Å². The number of carbonyl (C=O) groups is 1. The Morgan fingerprint density at radius 1 is 1.16 bits per heavy atom. The predicted octanol–water partition coefficient (Wildman–Crippen LogP) is 5.55. The van der Waals surface area contributed by atoms with Crippen molar-refractivity contribution < 1.29 is 9.32 Å². The molecule has 1 aliphatic carbocycles. The minimum Gasteiger partial charge on any atom is -0.360 e. The second kappa shape index (κ2) is 8.43. The Bertz CT molecular complexity index is 1360. The van der Waals surface area contributed by atoms with E-state index in [1.807, 2.05) is 42.5 Å². The monoisotopic (exact) mass is 449 g/mol. The van der Waals surface area contributed by atoms with Crippen LogP contribution in [0.2, 0.25) is 5.02 Å². The number of nitrogens with zero attached hydrogens (tertiary/aromatic N) is 2. The van der Waals surface area contributed by atoms with Gasteiger partial charge in [0.15, 0.2) is 0 Å². The Morgan fingerprint density at radius 2 is 1.97 bits per heavy atom. The van der Waals surface area contributed by atoms with E-state index in [1.54, 1.807) is 17.6 Å². The summed E-state index contributed by atoms with van der Waals surface area (Å²) in [6, 6.07) is 15.1. The zero-order chi connectivity index (χ0) is 22.2. The van der Waals surface area contributed by atoms with Gasteiger partial charge < -0.3 is 14.4 Å². The first-order chi connectivity index (χ1) is 15.5. The smallest absolute Gasteiger partial charge is 0.264 e. The molecule has 2 heterocycles. The number of fused-ring (bicyclic) bond motifs is 3. The van der Waals surface area contributed by atoms with Gasteiger partial charge >= 0.3 is 0 Å². The van der Waals surface area contributed by atoms with E-state index in [-0.39, 0.29) is 23.3 Å². The van der Waals surface area contributed by atoms with Crippen LogP contribution in [0.1, 0.15) is 31.4 Å². The first-order valence-electron chi connectivity index (χ1n) is 11.0. The molecule has 1 N–H and O–H groups in total. The summed E-state index contributed by atoms with van der Waals surface area (Å²) in [6.45, 7) is 2.28. The van der Waals surface area contributed by atoms with Gasteiger partial charge in [-0.15, -0.1) is 0 Å². The summed E-state index contributed by atoms with van der Waals surface area (Å²) in [5, 5.41) is 8.88. The van der Waals surface area contributed by atoms with Gasteiger partial charge in [-0.2, -0.15) is 0 Å². The fourth-order valence-corrected chi connectivity index (χ4v) is 5.17. The van der Waals surface area contributed by atoms with Crippen LogP contribution in [-0.4, -0.2) is 15.6 Å². The molecule has 32 heavy (non-hydrogen) atoms. The minimum absolute atomic E-state index is 0.0477. The van der Waals surface area contributed by atoms with Crippen molar-refractivity contribution in [2.24, 2.45) is 11.8 Å². The first kappa shape index (κ1) is 20.8. The van der Waals surface area contributed by atoms with Gasteiger partial charge in [0, 0.05) is 23.5 Å². The Labute approximate surface area is 190 Å². The molecule has 1 saturated carbocycles. The lowest BCUT2D eigenvalue weighted by Gasteiger charge is -2.29. The van der Waals surface area contributed by atoms with Gasteiger partial charge in [0.2, 0.25) is 5.91 Å². The van der Waals surface area contributed by atoms with E-state index in [0.29, 0.717) is 28.2 Å². The molecule has 2 aromatic carbocycles. The van der Waals surface area contributed by atoms with Crippen LogP contribution >= 0.6 is 11.6 Å². The maximum atomic E-state index is 13.4. The van der Waals surface area contributed by atoms with Crippen molar-refractivity contribution in [3.05, 3.63) is 69.7 Å². The molecule has 0 spiro atoms. The zero-order valence-electron chi connectivity index (χ0n) is 17.8. The second-order valence-electron chi connectivity index (χ2n) is 8.60. The number of para-hydroxylation sites is 1. The van der Waals surface area contributed by atoms with E-state index in [9.17, 15) is 9.59 Å². The van der Waals surface area contributed by atoms with Crippen LogP contribution < -0.4 is 10.9 Å². The summed E-state index contributed by atoms with van der Waals surface area (Å²) in [6.07, 6.45) is 3.54. The highest BCUT2D eigenvalue weighted by Crippen LogP contribution is 2.34. The largest absolute Gasteiger partial charge is 0.360 e. The summed E-state index contributed by atoms with van der Waals surface area (Å²) in [5.74, 6) is 0.684. The van der Waals surface area contributed by atoms with Crippen molar-refractivity contribution in [3.8, 4) is 0 Å². The standard InChI is InChI=1S/C25H24ClN3O3/c1-15-21-23(28-32-15)22-19(26)11-6-12-20(22)29(25(21)31)14-16-7-5-8-17(13-16)24(30)27-18-9-3-2-4-10-18/h2-4,6,9-12,16-17H,5,7-8,13-14H2,1H3,(H,27,30). The quantitative estimate of drug-likeness (QED) is 0.443. The number of aryl methyl sites for hydroxylation is 1. The molecule has 164 valence electrons. The SMILES string of the molecule is Cc1onc2c1c(=O)n(CC1CCCC(C(=O)Nc3ccccc3)C1)c1cccc(Cl)c21. The van der Waals surface area contributed by atoms with Crippen LogP contribution in [0.5, 0.6) is 0 Å². The number of halogens is 1. The Kier molecular flexibility index (Phi) is 5.47. The highest BCUT2D eigenvalue weighted by atomic mass is 35.5. The van der Waals surface area contributed by atoms with Crippen LogP contribution in [0.3, 0.4) is 0 Å². The Hall–Kier alpha value is -3.12. The summed E-state index contributed by atoms with van der Waals surface area (Å²) in [4.78, 5) is 26.3. The van der Waals surface area contributed by atoms with Gasteiger partial charge in [-0.05, 0) is 56.4 Å². The molecular weight excluding hydrogens is 426 g/mol. The number of hydrogen-bond donors (Lipinski definition) is 1. The molecule has 6 nitrogen and oxygen atoms in total. The highest BCUT2D eigenvalue weighted by molar-refractivity contribution is 6.37. The number of benzene rings is 2.